The van der Waals surface area contributed by atoms with Crippen LogP contribution in [0.15, 0.2) is 70.2 Å². The molecule has 29 heavy (non-hydrogen) atoms. The van der Waals surface area contributed by atoms with Crippen LogP contribution in [-0.4, -0.2) is 24.1 Å². The summed E-state index contributed by atoms with van der Waals surface area (Å²) in [5.41, 5.74) is 0.668. The molecule has 0 fully saturated rings. The summed E-state index contributed by atoms with van der Waals surface area (Å²) in [5, 5.41) is 7.03. The maximum Gasteiger partial charge on any atom is 0.261 e. The monoisotopic (exact) mass is 476 g/mol. The van der Waals surface area contributed by atoms with Gasteiger partial charge < -0.3 is 5.32 Å². The minimum atomic E-state index is -3.83. The number of rotatable bonds is 7. The van der Waals surface area contributed by atoms with Gasteiger partial charge in [0, 0.05) is 21.8 Å². The number of nitrogens with one attached hydrogen (secondary N) is 2. The van der Waals surface area contributed by atoms with Crippen molar-refractivity contribution in [3.63, 3.8) is 0 Å². The molecule has 0 saturated carbocycles. The van der Waals surface area contributed by atoms with Gasteiger partial charge in [0.15, 0.2) is 0 Å². The molecule has 152 valence electrons. The van der Waals surface area contributed by atoms with Crippen molar-refractivity contribution in [2.24, 2.45) is 0 Å². The largest absolute Gasteiger partial charge is 0.307 e. The highest BCUT2D eigenvalue weighted by molar-refractivity contribution is 9.10. The maximum absolute atomic E-state index is 12.7. The smallest absolute Gasteiger partial charge is 0.261 e. The highest BCUT2D eigenvalue weighted by Gasteiger charge is 2.18. The van der Waals surface area contributed by atoms with E-state index in [0.717, 1.165) is 10.9 Å². The zero-order valence-corrected chi connectivity index (χ0v) is 18.4. The lowest BCUT2D eigenvalue weighted by atomic mass is 10.2. The Hall–Kier alpha value is -2.65. The molecule has 1 heterocycles. The number of halogens is 1. The number of sulfonamides is 1. The molecule has 0 radical (unpaired) electrons. The molecule has 1 aromatic heterocycles. The molecular weight excluding hydrogens is 456 g/mol. The standard InChI is InChI=1S/C20H21BrN4O3S/c1-3-14(2)25-19(11-12-22-25)23-20(26)15-5-4-6-18(13-15)29(27,28)24-17-9-7-16(21)8-10-17/h4-14,24H,3H2,1-2H3,(H,23,26). The van der Waals surface area contributed by atoms with E-state index in [9.17, 15) is 13.2 Å². The van der Waals surface area contributed by atoms with Crippen molar-refractivity contribution in [1.29, 1.82) is 0 Å². The molecule has 0 aliphatic rings. The van der Waals surface area contributed by atoms with E-state index in [4.69, 9.17) is 0 Å². The molecule has 3 rings (SSSR count). The lowest BCUT2D eigenvalue weighted by Crippen LogP contribution is -2.18. The Bertz CT molecular complexity index is 1110. The summed E-state index contributed by atoms with van der Waals surface area (Å²) in [7, 11) is -3.83. The van der Waals surface area contributed by atoms with Gasteiger partial charge in [0.2, 0.25) is 0 Å². The number of amides is 1. The van der Waals surface area contributed by atoms with E-state index < -0.39 is 15.9 Å². The van der Waals surface area contributed by atoms with Crippen LogP contribution in [0.4, 0.5) is 11.5 Å². The van der Waals surface area contributed by atoms with Crippen molar-refractivity contribution in [2.75, 3.05) is 10.0 Å². The summed E-state index contributed by atoms with van der Waals surface area (Å²) < 4.78 is 30.5. The number of carbonyl (C=O) groups is 1. The molecule has 0 aliphatic carbocycles. The summed E-state index contributed by atoms with van der Waals surface area (Å²) in [6.07, 6.45) is 2.48. The van der Waals surface area contributed by atoms with Crippen molar-refractivity contribution in [2.45, 2.75) is 31.2 Å². The Balaban J connectivity index is 1.81. The van der Waals surface area contributed by atoms with Crippen LogP contribution in [0.1, 0.15) is 36.7 Å². The first-order chi connectivity index (χ1) is 13.8. The van der Waals surface area contributed by atoms with Crippen LogP contribution in [0.25, 0.3) is 0 Å². The molecule has 7 nitrogen and oxygen atoms in total. The number of anilines is 2. The zero-order chi connectivity index (χ0) is 21.0. The minimum absolute atomic E-state index is 0.00324. The minimum Gasteiger partial charge on any atom is -0.307 e. The second-order valence-corrected chi connectivity index (χ2v) is 9.11. The fourth-order valence-electron chi connectivity index (χ4n) is 2.66. The third-order valence-electron chi connectivity index (χ3n) is 4.42. The third-order valence-corrected chi connectivity index (χ3v) is 6.33. The second kappa shape index (κ2) is 8.79. The van der Waals surface area contributed by atoms with Crippen molar-refractivity contribution in [3.05, 3.63) is 70.8 Å². The highest BCUT2D eigenvalue weighted by atomic mass is 79.9. The molecule has 3 aromatic rings. The number of hydrogen-bond donors (Lipinski definition) is 2. The van der Waals surface area contributed by atoms with Crippen LogP contribution in [0, 0.1) is 0 Å². The van der Waals surface area contributed by atoms with Crippen molar-refractivity contribution in [1.82, 2.24) is 9.78 Å². The van der Waals surface area contributed by atoms with E-state index in [1.54, 1.807) is 47.3 Å². The van der Waals surface area contributed by atoms with E-state index in [-0.39, 0.29) is 16.5 Å². The van der Waals surface area contributed by atoms with Gasteiger partial charge in [-0.15, -0.1) is 0 Å². The molecular formula is C20H21BrN4O3S. The molecule has 1 unspecified atom stereocenters. The maximum atomic E-state index is 12.7. The van der Waals surface area contributed by atoms with Crippen molar-refractivity contribution >= 4 is 43.4 Å². The second-order valence-electron chi connectivity index (χ2n) is 6.51. The van der Waals surface area contributed by atoms with E-state index in [1.165, 1.54) is 18.2 Å². The molecule has 9 heteroatoms. The molecule has 1 amide bonds. The Morgan fingerprint density at radius 2 is 1.90 bits per heavy atom. The summed E-state index contributed by atoms with van der Waals surface area (Å²) in [5.74, 6) is 0.154. The summed E-state index contributed by atoms with van der Waals surface area (Å²) in [6.45, 7) is 4.04. The topological polar surface area (TPSA) is 93.1 Å². The van der Waals surface area contributed by atoms with Gasteiger partial charge in [-0.25, -0.2) is 13.1 Å². The average molecular weight is 477 g/mol. The normalized spacial score (nSPS) is 12.4. The van der Waals surface area contributed by atoms with Gasteiger partial charge >= 0.3 is 0 Å². The van der Waals surface area contributed by atoms with Gasteiger partial charge in [-0.1, -0.05) is 28.9 Å². The molecule has 0 aliphatic heterocycles. The highest BCUT2D eigenvalue weighted by Crippen LogP contribution is 2.21. The fourth-order valence-corrected chi connectivity index (χ4v) is 4.03. The van der Waals surface area contributed by atoms with Crippen LogP contribution in [0.2, 0.25) is 0 Å². The van der Waals surface area contributed by atoms with Crippen LogP contribution in [-0.2, 0) is 10.0 Å². The summed E-state index contributed by atoms with van der Waals surface area (Å²) in [4.78, 5) is 12.7. The first-order valence-corrected chi connectivity index (χ1v) is 11.3. The number of carbonyl (C=O) groups excluding carboxylic acids is 1. The van der Waals surface area contributed by atoms with Gasteiger partial charge in [0.25, 0.3) is 15.9 Å². The molecule has 0 saturated heterocycles. The fraction of sp³-hybridized carbons (Fsp3) is 0.200. The van der Waals surface area contributed by atoms with Crippen LogP contribution < -0.4 is 10.0 Å². The van der Waals surface area contributed by atoms with E-state index in [2.05, 4.69) is 31.1 Å². The average Bonchev–Trinajstić information content (AvgIpc) is 3.17. The molecule has 2 aromatic carbocycles. The van der Waals surface area contributed by atoms with E-state index in [0.29, 0.717) is 11.5 Å². The summed E-state index contributed by atoms with van der Waals surface area (Å²) >= 11 is 3.31. The number of benzene rings is 2. The molecule has 0 spiro atoms. The van der Waals surface area contributed by atoms with Crippen LogP contribution >= 0.6 is 15.9 Å². The van der Waals surface area contributed by atoms with Gasteiger partial charge in [0.1, 0.15) is 5.82 Å². The first-order valence-electron chi connectivity index (χ1n) is 9.03. The number of hydrogen-bond acceptors (Lipinski definition) is 4. The molecule has 2 N–H and O–H groups in total. The van der Waals surface area contributed by atoms with E-state index in [1.807, 2.05) is 13.8 Å². The number of nitrogens with zero attached hydrogens (tertiary/aromatic N) is 2. The van der Waals surface area contributed by atoms with E-state index >= 15 is 0 Å². The van der Waals surface area contributed by atoms with Gasteiger partial charge in [0.05, 0.1) is 17.1 Å². The lowest BCUT2D eigenvalue weighted by molar-refractivity contribution is 0.102. The molecule has 1 atom stereocenters. The van der Waals surface area contributed by atoms with Gasteiger partial charge in [-0.3, -0.25) is 9.52 Å². The Kier molecular flexibility index (Phi) is 6.39. The van der Waals surface area contributed by atoms with Crippen molar-refractivity contribution < 1.29 is 13.2 Å². The first kappa shape index (κ1) is 21.1. The third kappa shape index (κ3) is 5.04. The van der Waals surface area contributed by atoms with Gasteiger partial charge in [-0.2, -0.15) is 5.10 Å². The Labute approximate surface area is 178 Å². The zero-order valence-electron chi connectivity index (χ0n) is 16.0. The quantitative estimate of drug-likeness (QED) is 0.517. The predicted octanol–water partition coefficient (Wildman–Crippen LogP) is 4.67. The lowest BCUT2D eigenvalue weighted by Gasteiger charge is -2.14. The summed E-state index contributed by atoms with van der Waals surface area (Å²) in [6, 6.07) is 14.5. The van der Waals surface area contributed by atoms with Crippen LogP contribution in [0.3, 0.4) is 0 Å². The SMILES string of the molecule is CCC(C)n1nccc1NC(=O)c1cccc(S(=O)(=O)Nc2ccc(Br)cc2)c1. The number of aromatic nitrogens is 2. The van der Waals surface area contributed by atoms with Crippen molar-refractivity contribution in [3.8, 4) is 0 Å². The predicted molar refractivity (Wildman–Crippen MR) is 117 cm³/mol. The van der Waals surface area contributed by atoms with Crippen LogP contribution in [0.5, 0.6) is 0 Å². The molecule has 0 bridgehead atoms. The Morgan fingerprint density at radius 3 is 2.59 bits per heavy atom. The van der Waals surface area contributed by atoms with Gasteiger partial charge in [-0.05, 0) is 55.8 Å². The Morgan fingerprint density at radius 1 is 1.17 bits per heavy atom.